The van der Waals surface area contributed by atoms with E-state index in [0.29, 0.717) is 5.69 Å². The number of carbonyl (C=O) groups is 1. The van der Waals surface area contributed by atoms with Gasteiger partial charge in [0.25, 0.3) is 0 Å². The number of tetrazole rings is 1. The number of nitrogens with zero attached hydrogens (tertiary/aromatic N) is 4. The SMILES string of the molecule is CC1NCCC1C(=O)Nc1cc(-n2cnnn2)ccc1F. The van der Waals surface area contributed by atoms with Gasteiger partial charge in [-0.25, -0.2) is 9.07 Å². The molecule has 1 amide bonds. The molecule has 1 aliphatic rings. The highest BCUT2D eigenvalue weighted by atomic mass is 19.1. The predicted octanol–water partition coefficient (Wildman–Crippen LogP) is 0.738. The molecule has 2 heterocycles. The standard InChI is InChI=1S/C13H15FN6O/c1-8-10(4-5-15-8)13(21)17-12-6-9(2-3-11(12)14)20-7-16-18-19-20/h2-3,6-8,10,15H,4-5H2,1H3,(H,17,21). The minimum atomic E-state index is -0.487. The fraction of sp³-hybridized carbons (Fsp3) is 0.385. The van der Waals surface area contributed by atoms with E-state index >= 15 is 0 Å². The molecule has 2 aromatic rings. The van der Waals surface area contributed by atoms with E-state index in [9.17, 15) is 9.18 Å². The first-order valence-corrected chi connectivity index (χ1v) is 6.72. The summed E-state index contributed by atoms with van der Waals surface area (Å²) in [5.41, 5.74) is 0.710. The average Bonchev–Trinajstić information content (AvgIpc) is 3.12. The molecule has 0 saturated carbocycles. The smallest absolute Gasteiger partial charge is 0.229 e. The summed E-state index contributed by atoms with van der Waals surface area (Å²) in [6.45, 7) is 2.75. The zero-order chi connectivity index (χ0) is 14.8. The van der Waals surface area contributed by atoms with Gasteiger partial charge in [0.05, 0.1) is 17.3 Å². The summed E-state index contributed by atoms with van der Waals surface area (Å²) >= 11 is 0. The molecule has 0 bridgehead atoms. The van der Waals surface area contributed by atoms with Gasteiger partial charge >= 0.3 is 0 Å². The van der Waals surface area contributed by atoms with Crippen LogP contribution in [0.25, 0.3) is 5.69 Å². The minimum absolute atomic E-state index is 0.0933. The third-order valence-electron chi connectivity index (χ3n) is 3.68. The third kappa shape index (κ3) is 2.75. The van der Waals surface area contributed by atoms with Crippen molar-refractivity contribution in [1.82, 2.24) is 25.5 Å². The molecule has 1 aromatic heterocycles. The quantitative estimate of drug-likeness (QED) is 0.871. The largest absolute Gasteiger partial charge is 0.323 e. The van der Waals surface area contributed by atoms with E-state index in [1.54, 1.807) is 6.07 Å². The molecule has 3 rings (SSSR count). The first-order chi connectivity index (χ1) is 10.1. The van der Waals surface area contributed by atoms with Gasteiger partial charge in [0.1, 0.15) is 12.1 Å². The number of hydrogen-bond donors (Lipinski definition) is 2. The molecule has 0 spiro atoms. The van der Waals surface area contributed by atoms with Crippen molar-refractivity contribution < 1.29 is 9.18 Å². The highest BCUT2D eigenvalue weighted by Gasteiger charge is 2.29. The number of anilines is 1. The van der Waals surface area contributed by atoms with Crippen molar-refractivity contribution in [2.24, 2.45) is 5.92 Å². The van der Waals surface area contributed by atoms with E-state index in [4.69, 9.17) is 0 Å². The van der Waals surface area contributed by atoms with Gasteiger partial charge in [0.2, 0.25) is 5.91 Å². The molecule has 2 unspecified atom stereocenters. The Bertz CT molecular complexity index is 644. The summed E-state index contributed by atoms with van der Waals surface area (Å²) < 4.78 is 15.3. The lowest BCUT2D eigenvalue weighted by molar-refractivity contribution is -0.120. The molecule has 1 aliphatic heterocycles. The number of carbonyl (C=O) groups excluding carboxylic acids is 1. The van der Waals surface area contributed by atoms with Crippen molar-refractivity contribution in [1.29, 1.82) is 0 Å². The Hall–Kier alpha value is -2.35. The molecule has 1 saturated heterocycles. The van der Waals surface area contributed by atoms with Gasteiger partial charge in [-0.1, -0.05) is 0 Å². The second-order valence-corrected chi connectivity index (χ2v) is 5.05. The summed E-state index contributed by atoms with van der Waals surface area (Å²) in [6, 6.07) is 4.43. The topological polar surface area (TPSA) is 84.7 Å². The Labute approximate surface area is 120 Å². The summed E-state index contributed by atoms with van der Waals surface area (Å²) in [5.74, 6) is -0.819. The minimum Gasteiger partial charge on any atom is -0.323 e. The third-order valence-corrected chi connectivity index (χ3v) is 3.68. The Kier molecular flexibility index (Phi) is 3.61. The normalized spacial score (nSPS) is 21.4. The highest BCUT2D eigenvalue weighted by molar-refractivity contribution is 5.93. The maximum atomic E-state index is 13.9. The number of amides is 1. The summed E-state index contributed by atoms with van der Waals surface area (Å²) in [4.78, 5) is 12.2. The Morgan fingerprint density at radius 2 is 2.38 bits per heavy atom. The maximum absolute atomic E-state index is 13.9. The number of aromatic nitrogens is 4. The molecular formula is C13H15FN6O. The fourth-order valence-electron chi connectivity index (χ4n) is 2.47. The van der Waals surface area contributed by atoms with Crippen molar-refractivity contribution in [3.63, 3.8) is 0 Å². The van der Waals surface area contributed by atoms with Crippen LogP contribution in [-0.4, -0.2) is 38.7 Å². The fourth-order valence-corrected chi connectivity index (χ4v) is 2.47. The van der Waals surface area contributed by atoms with Crippen molar-refractivity contribution in [3.8, 4) is 5.69 Å². The van der Waals surface area contributed by atoms with Crippen molar-refractivity contribution in [3.05, 3.63) is 30.3 Å². The van der Waals surface area contributed by atoms with Crippen LogP contribution in [0.2, 0.25) is 0 Å². The van der Waals surface area contributed by atoms with Gasteiger partial charge in [-0.2, -0.15) is 0 Å². The molecular weight excluding hydrogens is 275 g/mol. The van der Waals surface area contributed by atoms with Gasteiger partial charge < -0.3 is 10.6 Å². The average molecular weight is 290 g/mol. The lowest BCUT2D eigenvalue weighted by Crippen LogP contribution is -2.32. The second-order valence-electron chi connectivity index (χ2n) is 5.05. The summed E-state index contributed by atoms with van der Waals surface area (Å²) in [5, 5.41) is 16.6. The Balaban J connectivity index is 1.81. The van der Waals surface area contributed by atoms with Crippen LogP contribution in [0.4, 0.5) is 10.1 Å². The van der Waals surface area contributed by atoms with E-state index in [0.717, 1.165) is 13.0 Å². The van der Waals surface area contributed by atoms with Crippen LogP contribution in [0.5, 0.6) is 0 Å². The van der Waals surface area contributed by atoms with Crippen molar-refractivity contribution in [2.45, 2.75) is 19.4 Å². The van der Waals surface area contributed by atoms with Crippen LogP contribution < -0.4 is 10.6 Å². The lowest BCUT2D eigenvalue weighted by atomic mass is 10.0. The van der Waals surface area contributed by atoms with Gasteiger partial charge in [-0.05, 0) is 48.5 Å². The lowest BCUT2D eigenvalue weighted by Gasteiger charge is -2.15. The second kappa shape index (κ2) is 5.57. The van der Waals surface area contributed by atoms with Crippen LogP contribution in [-0.2, 0) is 4.79 Å². The van der Waals surface area contributed by atoms with E-state index in [1.165, 1.54) is 23.1 Å². The molecule has 7 nitrogen and oxygen atoms in total. The van der Waals surface area contributed by atoms with Gasteiger partial charge in [0.15, 0.2) is 0 Å². The molecule has 0 aliphatic carbocycles. The summed E-state index contributed by atoms with van der Waals surface area (Å²) in [7, 11) is 0. The number of benzene rings is 1. The van der Waals surface area contributed by atoms with Crippen LogP contribution in [0, 0.1) is 11.7 Å². The maximum Gasteiger partial charge on any atom is 0.229 e. The molecule has 21 heavy (non-hydrogen) atoms. The first kappa shape index (κ1) is 13.6. The number of nitrogens with one attached hydrogen (secondary N) is 2. The number of halogens is 1. The van der Waals surface area contributed by atoms with Crippen molar-refractivity contribution >= 4 is 11.6 Å². The van der Waals surface area contributed by atoms with E-state index in [-0.39, 0.29) is 23.6 Å². The number of hydrogen-bond acceptors (Lipinski definition) is 5. The number of rotatable bonds is 3. The van der Waals surface area contributed by atoms with E-state index < -0.39 is 5.82 Å². The van der Waals surface area contributed by atoms with Crippen LogP contribution in [0.1, 0.15) is 13.3 Å². The van der Waals surface area contributed by atoms with Crippen molar-refractivity contribution in [2.75, 3.05) is 11.9 Å². The molecule has 0 radical (unpaired) electrons. The van der Waals surface area contributed by atoms with Crippen LogP contribution in [0.15, 0.2) is 24.5 Å². The Morgan fingerprint density at radius 1 is 1.52 bits per heavy atom. The molecule has 2 N–H and O–H groups in total. The van der Waals surface area contributed by atoms with Gasteiger partial charge in [0, 0.05) is 6.04 Å². The van der Waals surface area contributed by atoms with Crippen LogP contribution in [0.3, 0.4) is 0 Å². The zero-order valence-electron chi connectivity index (χ0n) is 11.5. The molecule has 1 fully saturated rings. The molecule has 110 valence electrons. The van der Waals surface area contributed by atoms with E-state index in [1.807, 2.05) is 6.92 Å². The molecule has 8 heteroatoms. The Morgan fingerprint density at radius 3 is 3.05 bits per heavy atom. The predicted molar refractivity (Wildman–Crippen MR) is 73.3 cm³/mol. The van der Waals surface area contributed by atoms with E-state index in [2.05, 4.69) is 26.2 Å². The zero-order valence-corrected chi connectivity index (χ0v) is 11.5. The summed E-state index contributed by atoms with van der Waals surface area (Å²) in [6.07, 6.45) is 2.16. The monoisotopic (exact) mass is 290 g/mol. The first-order valence-electron chi connectivity index (χ1n) is 6.72. The van der Waals surface area contributed by atoms with Gasteiger partial charge in [-0.15, -0.1) is 5.10 Å². The van der Waals surface area contributed by atoms with Crippen LogP contribution >= 0.6 is 0 Å². The highest BCUT2D eigenvalue weighted by Crippen LogP contribution is 2.22. The van der Waals surface area contributed by atoms with Gasteiger partial charge in [-0.3, -0.25) is 4.79 Å². The molecule has 1 aromatic carbocycles. The molecule has 2 atom stereocenters.